The Morgan fingerprint density at radius 3 is 2.52 bits per heavy atom. The Morgan fingerprint density at radius 2 is 1.86 bits per heavy atom. The zero-order valence-corrected chi connectivity index (χ0v) is 12.8. The molecule has 0 atom stereocenters. The van der Waals surface area contributed by atoms with E-state index in [1.807, 2.05) is 36.6 Å². The molecule has 0 saturated carbocycles. The molecule has 110 valence electrons. The van der Waals surface area contributed by atoms with Gasteiger partial charge in [-0.15, -0.1) is 11.8 Å². The molecule has 21 heavy (non-hydrogen) atoms. The quantitative estimate of drug-likeness (QED) is 0.628. The van der Waals surface area contributed by atoms with E-state index >= 15 is 0 Å². The van der Waals surface area contributed by atoms with Crippen LogP contribution in [0.15, 0.2) is 47.4 Å². The van der Waals surface area contributed by atoms with Crippen molar-refractivity contribution in [1.82, 2.24) is 0 Å². The molecule has 4 nitrogen and oxygen atoms in total. The van der Waals surface area contributed by atoms with Gasteiger partial charge in [0.1, 0.15) is 18.1 Å². The van der Waals surface area contributed by atoms with Gasteiger partial charge in [-0.25, -0.2) is 0 Å². The molecule has 0 spiro atoms. The maximum atomic E-state index is 9.36. The number of para-hydroxylation sites is 1. The van der Waals surface area contributed by atoms with E-state index in [2.05, 4.69) is 0 Å². The molecular formula is C15H17BO4S. The molecular weight excluding hydrogens is 287 g/mol. The van der Waals surface area contributed by atoms with Crippen LogP contribution in [0.3, 0.4) is 0 Å². The average molecular weight is 304 g/mol. The van der Waals surface area contributed by atoms with Gasteiger partial charge >= 0.3 is 7.12 Å². The fraction of sp³-hybridized carbons (Fsp3) is 0.200. The maximum Gasteiger partial charge on any atom is 0.492 e. The fourth-order valence-electron chi connectivity index (χ4n) is 1.97. The molecule has 6 heteroatoms. The van der Waals surface area contributed by atoms with E-state index in [4.69, 9.17) is 9.47 Å². The summed E-state index contributed by atoms with van der Waals surface area (Å²) in [5.41, 5.74) is 1.17. The lowest BCUT2D eigenvalue weighted by atomic mass is 9.79. The number of ether oxygens (including phenoxy) is 2. The van der Waals surface area contributed by atoms with Gasteiger partial charge in [-0.05, 0) is 30.0 Å². The SMILES string of the molecule is COc1ccc(COc2ccccc2SC)cc1B(O)O. The van der Waals surface area contributed by atoms with Crippen LogP contribution in [0.5, 0.6) is 11.5 Å². The second-order valence-corrected chi connectivity index (χ2v) is 5.24. The molecule has 0 heterocycles. The van der Waals surface area contributed by atoms with Crippen molar-refractivity contribution < 1.29 is 19.5 Å². The molecule has 2 N–H and O–H groups in total. The molecule has 0 amide bonds. The summed E-state index contributed by atoms with van der Waals surface area (Å²) < 4.78 is 10.9. The van der Waals surface area contributed by atoms with Crippen LogP contribution < -0.4 is 14.9 Å². The summed E-state index contributed by atoms with van der Waals surface area (Å²) in [6.45, 7) is 0.348. The summed E-state index contributed by atoms with van der Waals surface area (Å²) in [5.74, 6) is 1.25. The molecule has 0 aliphatic rings. The van der Waals surface area contributed by atoms with Gasteiger partial charge in [0.05, 0.1) is 7.11 Å². The standard InChI is InChI=1S/C15H17BO4S/c1-19-13-8-7-11(9-12(13)16(17)18)10-20-14-5-3-4-6-15(14)21-2/h3-9,17-18H,10H2,1-2H3. The molecule has 2 rings (SSSR count). The van der Waals surface area contributed by atoms with Gasteiger partial charge < -0.3 is 19.5 Å². The second-order valence-electron chi connectivity index (χ2n) is 4.39. The number of hydrogen-bond acceptors (Lipinski definition) is 5. The summed E-state index contributed by atoms with van der Waals surface area (Å²) in [7, 11) is -0.0788. The van der Waals surface area contributed by atoms with Crippen molar-refractivity contribution in [2.75, 3.05) is 13.4 Å². The zero-order chi connectivity index (χ0) is 15.2. The highest BCUT2D eigenvalue weighted by Gasteiger charge is 2.17. The van der Waals surface area contributed by atoms with Crippen molar-refractivity contribution in [3.8, 4) is 11.5 Å². The van der Waals surface area contributed by atoms with Crippen molar-refractivity contribution >= 4 is 24.3 Å². The van der Waals surface area contributed by atoms with E-state index in [-0.39, 0.29) is 0 Å². The molecule has 0 unspecified atom stereocenters. The zero-order valence-electron chi connectivity index (χ0n) is 11.9. The van der Waals surface area contributed by atoms with Gasteiger partial charge in [0.2, 0.25) is 0 Å². The topological polar surface area (TPSA) is 58.9 Å². The van der Waals surface area contributed by atoms with Crippen LogP contribution in [-0.2, 0) is 6.61 Å². The summed E-state index contributed by atoms with van der Waals surface area (Å²) in [4.78, 5) is 1.06. The van der Waals surface area contributed by atoms with E-state index in [1.54, 1.807) is 23.9 Å². The number of thioether (sulfide) groups is 1. The van der Waals surface area contributed by atoms with E-state index in [0.717, 1.165) is 16.2 Å². The summed E-state index contributed by atoms with van der Waals surface area (Å²) >= 11 is 1.62. The Labute approximate surface area is 128 Å². The van der Waals surface area contributed by atoms with Crippen LogP contribution in [0.1, 0.15) is 5.56 Å². The monoisotopic (exact) mass is 304 g/mol. The number of rotatable bonds is 6. The molecule has 2 aromatic carbocycles. The van der Waals surface area contributed by atoms with E-state index in [1.165, 1.54) is 7.11 Å². The van der Waals surface area contributed by atoms with Gasteiger partial charge in [-0.3, -0.25) is 0 Å². The van der Waals surface area contributed by atoms with Gasteiger partial charge in [0.15, 0.2) is 0 Å². The van der Waals surface area contributed by atoms with Gasteiger partial charge in [0.25, 0.3) is 0 Å². The highest BCUT2D eigenvalue weighted by Crippen LogP contribution is 2.27. The molecule has 0 aromatic heterocycles. The molecule has 0 radical (unpaired) electrons. The predicted molar refractivity (Wildman–Crippen MR) is 85.4 cm³/mol. The first-order valence-electron chi connectivity index (χ1n) is 6.44. The van der Waals surface area contributed by atoms with Crippen molar-refractivity contribution in [3.05, 3.63) is 48.0 Å². The summed E-state index contributed by atoms with van der Waals surface area (Å²) in [5, 5.41) is 18.7. The average Bonchev–Trinajstić information content (AvgIpc) is 2.52. The summed E-state index contributed by atoms with van der Waals surface area (Å²) in [6.07, 6.45) is 2.00. The third-order valence-electron chi connectivity index (χ3n) is 3.04. The Hall–Kier alpha value is -1.63. The van der Waals surface area contributed by atoms with Crippen LogP contribution in [0, 0.1) is 0 Å². The maximum absolute atomic E-state index is 9.36. The van der Waals surface area contributed by atoms with Crippen LogP contribution in [0.25, 0.3) is 0 Å². The van der Waals surface area contributed by atoms with Crippen LogP contribution in [-0.4, -0.2) is 30.5 Å². The first kappa shape index (κ1) is 15.8. The van der Waals surface area contributed by atoms with Crippen molar-refractivity contribution in [2.45, 2.75) is 11.5 Å². The smallest absolute Gasteiger partial charge is 0.492 e. The third-order valence-corrected chi connectivity index (χ3v) is 3.81. The lowest BCUT2D eigenvalue weighted by Crippen LogP contribution is -2.31. The first-order chi connectivity index (χ1) is 10.2. The number of methoxy groups -OCH3 is 1. The minimum Gasteiger partial charge on any atom is -0.497 e. The van der Waals surface area contributed by atoms with Crippen molar-refractivity contribution in [3.63, 3.8) is 0 Å². The third kappa shape index (κ3) is 3.94. The van der Waals surface area contributed by atoms with Crippen LogP contribution >= 0.6 is 11.8 Å². The summed E-state index contributed by atoms with van der Waals surface area (Å²) in [6, 6.07) is 13.0. The second kappa shape index (κ2) is 7.40. The predicted octanol–water partition coefficient (Wildman–Crippen LogP) is 1.68. The Morgan fingerprint density at radius 1 is 1.10 bits per heavy atom. The Kier molecular flexibility index (Phi) is 5.55. The van der Waals surface area contributed by atoms with E-state index < -0.39 is 7.12 Å². The van der Waals surface area contributed by atoms with Crippen LogP contribution in [0.2, 0.25) is 0 Å². The molecule has 0 aliphatic heterocycles. The highest BCUT2D eigenvalue weighted by atomic mass is 32.2. The molecule has 0 fully saturated rings. The first-order valence-corrected chi connectivity index (χ1v) is 7.67. The van der Waals surface area contributed by atoms with Crippen molar-refractivity contribution in [2.24, 2.45) is 0 Å². The number of hydrogen-bond donors (Lipinski definition) is 2. The highest BCUT2D eigenvalue weighted by molar-refractivity contribution is 7.98. The fourth-order valence-corrected chi connectivity index (χ4v) is 2.52. The molecule has 2 aromatic rings. The largest absolute Gasteiger partial charge is 0.497 e. The van der Waals surface area contributed by atoms with E-state index in [9.17, 15) is 10.0 Å². The normalized spacial score (nSPS) is 10.3. The lowest BCUT2D eigenvalue weighted by molar-refractivity contribution is 0.299. The van der Waals surface area contributed by atoms with Gasteiger partial charge in [-0.1, -0.05) is 24.3 Å². The Balaban J connectivity index is 2.15. The van der Waals surface area contributed by atoms with Crippen LogP contribution in [0.4, 0.5) is 0 Å². The van der Waals surface area contributed by atoms with Gasteiger partial charge in [-0.2, -0.15) is 0 Å². The van der Waals surface area contributed by atoms with Gasteiger partial charge in [0, 0.05) is 10.4 Å². The van der Waals surface area contributed by atoms with E-state index in [0.29, 0.717) is 17.8 Å². The number of benzene rings is 2. The Bertz CT molecular complexity index is 604. The minimum absolute atomic E-state index is 0.330. The molecule has 0 aliphatic carbocycles. The molecule has 0 bridgehead atoms. The lowest BCUT2D eigenvalue weighted by Gasteiger charge is -2.12. The van der Waals surface area contributed by atoms with Crippen molar-refractivity contribution in [1.29, 1.82) is 0 Å². The molecule has 0 saturated heterocycles. The minimum atomic E-state index is -1.57.